The number of carboxylic acid groups (broad SMARTS) is 2. The summed E-state index contributed by atoms with van der Waals surface area (Å²) in [5.41, 5.74) is 0. The third-order valence-corrected chi connectivity index (χ3v) is 2.36. The van der Waals surface area contributed by atoms with Crippen LogP contribution in [0.2, 0.25) is 0 Å². The smallest absolute Gasteiger partial charge is 0.303 e. The highest BCUT2D eigenvalue weighted by Crippen LogP contribution is 1.89. The fraction of sp³-hybridized carbons (Fsp3) is 0.800. The van der Waals surface area contributed by atoms with Gasteiger partial charge in [0.2, 0.25) is 0 Å². The Balaban J connectivity index is 0. The van der Waals surface area contributed by atoms with Gasteiger partial charge in [-0.25, -0.2) is 0 Å². The Hall–Kier alpha value is -1.19. The summed E-state index contributed by atoms with van der Waals surface area (Å²) in [6.45, 7) is 2.66. The Kier molecular flexibility index (Phi) is 12.6. The number of carbonyl (C=O) groups is 2. The monoisotopic (exact) mass is 300 g/mol. The lowest BCUT2D eigenvalue weighted by molar-refractivity contribution is -0.143. The minimum atomic E-state index is -3.84. The first-order valence-electron chi connectivity index (χ1n) is 5.65. The van der Waals surface area contributed by atoms with Gasteiger partial charge in [-0.2, -0.15) is 8.42 Å². The highest BCUT2D eigenvalue weighted by Gasteiger charge is 2.02. The second kappa shape index (κ2) is 11.9. The topological polar surface area (TPSA) is 138 Å². The molecule has 0 aliphatic heterocycles. The third kappa shape index (κ3) is 26.4. The molecule has 9 heteroatoms. The molecule has 8 nitrogen and oxygen atoms in total. The summed E-state index contributed by atoms with van der Waals surface area (Å²) in [6.07, 6.45) is 1.35. The largest absolute Gasteiger partial charge is 0.481 e. The van der Waals surface area contributed by atoms with Crippen molar-refractivity contribution in [1.82, 2.24) is 0 Å². The van der Waals surface area contributed by atoms with E-state index in [9.17, 15) is 18.0 Å². The van der Waals surface area contributed by atoms with Gasteiger partial charge in [0.05, 0.1) is 25.2 Å². The molecule has 0 fully saturated rings. The van der Waals surface area contributed by atoms with E-state index in [2.05, 4.69) is 0 Å². The molecule has 114 valence electrons. The third-order valence-electron chi connectivity index (χ3n) is 1.68. The highest BCUT2D eigenvalue weighted by atomic mass is 32.2. The van der Waals surface area contributed by atoms with Crippen molar-refractivity contribution in [3.8, 4) is 0 Å². The fourth-order valence-electron chi connectivity index (χ4n) is 0.727. The van der Waals surface area contributed by atoms with E-state index in [1.54, 1.807) is 0 Å². The summed E-state index contributed by atoms with van der Waals surface area (Å²) in [5, 5.41) is 15.8. The molecule has 0 amide bonds. The maximum absolute atomic E-state index is 10.1. The molecule has 0 bridgehead atoms. The van der Waals surface area contributed by atoms with Crippen LogP contribution in [0.1, 0.15) is 32.6 Å². The second-order valence-electron chi connectivity index (χ2n) is 3.54. The van der Waals surface area contributed by atoms with Crippen LogP contribution >= 0.6 is 0 Å². The van der Waals surface area contributed by atoms with Gasteiger partial charge < -0.3 is 14.9 Å². The maximum atomic E-state index is 10.1. The molecule has 0 aromatic carbocycles. The van der Waals surface area contributed by atoms with Crippen molar-refractivity contribution in [3.63, 3.8) is 0 Å². The fourth-order valence-corrected chi connectivity index (χ4v) is 1.06. The zero-order valence-electron chi connectivity index (χ0n) is 10.7. The first-order chi connectivity index (χ1) is 8.69. The number of rotatable bonds is 9. The predicted octanol–water partition coefficient (Wildman–Crippen LogP) is 0.627. The van der Waals surface area contributed by atoms with Crippen molar-refractivity contribution in [1.29, 1.82) is 0 Å². The number of hydrogen-bond acceptors (Lipinski definition) is 5. The Morgan fingerprint density at radius 3 is 1.84 bits per heavy atom. The van der Waals surface area contributed by atoms with Crippen LogP contribution in [0, 0.1) is 0 Å². The maximum Gasteiger partial charge on any atom is 0.303 e. The Labute approximate surface area is 112 Å². The van der Waals surface area contributed by atoms with E-state index < -0.39 is 22.1 Å². The Bertz CT molecular complexity index is 335. The summed E-state index contributed by atoms with van der Waals surface area (Å²) >= 11 is 0. The molecule has 0 spiro atoms. The van der Waals surface area contributed by atoms with Crippen LogP contribution < -0.4 is 0 Å². The molecule has 0 aliphatic rings. The molecule has 0 aromatic rings. The van der Waals surface area contributed by atoms with E-state index in [0.717, 1.165) is 12.8 Å². The van der Waals surface area contributed by atoms with Gasteiger partial charge in [0.1, 0.15) is 0 Å². The van der Waals surface area contributed by atoms with Gasteiger partial charge >= 0.3 is 11.9 Å². The number of hydrogen-bond donors (Lipinski definition) is 3. The van der Waals surface area contributed by atoms with E-state index >= 15 is 0 Å². The van der Waals surface area contributed by atoms with Crippen LogP contribution in [0.4, 0.5) is 0 Å². The van der Waals surface area contributed by atoms with Gasteiger partial charge in [-0.05, 0) is 6.42 Å². The minimum Gasteiger partial charge on any atom is -0.481 e. The molecule has 0 rings (SSSR count). The molecule has 19 heavy (non-hydrogen) atoms. The molecule has 0 aromatic heterocycles. The molecule has 0 saturated heterocycles. The van der Waals surface area contributed by atoms with Crippen LogP contribution in [0.15, 0.2) is 0 Å². The van der Waals surface area contributed by atoms with Crippen LogP contribution in [0.5, 0.6) is 0 Å². The van der Waals surface area contributed by atoms with Crippen molar-refractivity contribution in [2.45, 2.75) is 32.6 Å². The van der Waals surface area contributed by atoms with E-state index in [1.165, 1.54) is 0 Å². The van der Waals surface area contributed by atoms with Crippen LogP contribution in [0.25, 0.3) is 0 Å². The van der Waals surface area contributed by atoms with Crippen molar-refractivity contribution in [2.24, 2.45) is 0 Å². The van der Waals surface area contributed by atoms with Gasteiger partial charge in [-0.1, -0.05) is 13.3 Å². The summed E-state index contributed by atoms with van der Waals surface area (Å²) in [6, 6.07) is 0. The molecule has 3 N–H and O–H groups in total. The minimum absolute atomic E-state index is 0.0822. The molecule has 0 heterocycles. The van der Waals surface area contributed by atoms with Crippen LogP contribution in [-0.2, 0) is 24.4 Å². The summed E-state index contributed by atoms with van der Waals surface area (Å²) in [7, 11) is -3.84. The molecule has 0 atom stereocenters. The second-order valence-corrected chi connectivity index (χ2v) is 5.11. The van der Waals surface area contributed by atoms with E-state index in [-0.39, 0.29) is 25.2 Å². The average molecular weight is 300 g/mol. The van der Waals surface area contributed by atoms with Crippen molar-refractivity contribution in [2.75, 3.05) is 19.0 Å². The number of aliphatic carboxylic acids is 2. The molecule has 0 radical (unpaired) electrons. The van der Waals surface area contributed by atoms with E-state index in [4.69, 9.17) is 19.5 Å². The lowest BCUT2D eigenvalue weighted by Gasteiger charge is -1.99. The van der Waals surface area contributed by atoms with Gasteiger partial charge in [-0.15, -0.1) is 0 Å². The summed E-state index contributed by atoms with van der Waals surface area (Å²) < 4.78 is 33.5. The normalized spacial score (nSPS) is 10.4. The average Bonchev–Trinajstić information content (AvgIpc) is 2.25. The Morgan fingerprint density at radius 2 is 1.53 bits per heavy atom. The number of unbranched alkanes of at least 4 members (excludes halogenated alkanes) is 1. The first-order valence-corrected chi connectivity index (χ1v) is 7.26. The molecular formula is C10H20O8S. The Morgan fingerprint density at radius 1 is 1.05 bits per heavy atom. The zero-order valence-corrected chi connectivity index (χ0v) is 11.6. The van der Waals surface area contributed by atoms with Gasteiger partial charge in [-0.3, -0.25) is 14.1 Å². The SMILES string of the molecule is CCCCOCCS(=O)(=O)O.O=C(O)CCC(=O)O. The van der Waals surface area contributed by atoms with Gasteiger partial charge in [0.15, 0.2) is 0 Å². The zero-order chi connectivity index (χ0) is 15.3. The lowest BCUT2D eigenvalue weighted by atomic mass is 10.3. The lowest BCUT2D eigenvalue weighted by Crippen LogP contribution is -2.11. The predicted molar refractivity (Wildman–Crippen MR) is 66.6 cm³/mol. The molecular weight excluding hydrogens is 280 g/mol. The standard InChI is InChI=1S/C6H14O4S.C4H6O4/c1-2-3-4-10-5-6-11(7,8)9;5-3(6)1-2-4(7)8/h2-6H2,1H3,(H,7,8,9);1-2H2,(H,5,6)(H,7,8). The van der Waals surface area contributed by atoms with Crippen molar-refractivity contribution < 1.29 is 37.5 Å². The molecule has 0 unspecified atom stereocenters. The van der Waals surface area contributed by atoms with E-state index in [1.807, 2.05) is 6.92 Å². The summed E-state index contributed by atoms with van der Waals surface area (Å²) in [4.78, 5) is 19.3. The van der Waals surface area contributed by atoms with Crippen LogP contribution in [0.3, 0.4) is 0 Å². The highest BCUT2D eigenvalue weighted by molar-refractivity contribution is 7.85. The number of ether oxygens (including phenoxy) is 1. The van der Waals surface area contributed by atoms with Crippen molar-refractivity contribution >= 4 is 22.1 Å². The van der Waals surface area contributed by atoms with Gasteiger partial charge in [0.25, 0.3) is 10.1 Å². The van der Waals surface area contributed by atoms with Gasteiger partial charge in [0, 0.05) is 6.61 Å². The molecule has 0 saturated carbocycles. The first kappa shape index (κ1) is 20.1. The molecule has 0 aliphatic carbocycles. The van der Waals surface area contributed by atoms with E-state index in [0.29, 0.717) is 6.61 Å². The summed E-state index contributed by atoms with van der Waals surface area (Å²) in [5.74, 6) is -2.46. The van der Waals surface area contributed by atoms with Crippen LogP contribution in [-0.4, -0.2) is 54.1 Å². The number of carboxylic acids is 2. The quantitative estimate of drug-likeness (QED) is 0.416. The van der Waals surface area contributed by atoms with Crippen molar-refractivity contribution in [3.05, 3.63) is 0 Å².